The third-order valence-electron chi connectivity index (χ3n) is 4.46. The molecule has 26 heavy (non-hydrogen) atoms. The van der Waals surface area contributed by atoms with Gasteiger partial charge in [0.05, 0.1) is 11.7 Å². The molecule has 1 atom stereocenters. The Morgan fingerprint density at radius 2 is 1.88 bits per heavy atom. The van der Waals surface area contributed by atoms with Crippen molar-refractivity contribution >= 4 is 17.6 Å². The van der Waals surface area contributed by atoms with Gasteiger partial charge in [-0.3, -0.25) is 4.79 Å². The minimum absolute atomic E-state index is 0.0831. The predicted octanol–water partition coefficient (Wildman–Crippen LogP) is 2.59. The van der Waals surface area contributed by atoms with E-state index in [1.807, 2.05) is 18.2 Å². The Morgan fingerprint density at radius 3 is 2.65 bits per heavy atom. The zero-order chi connectivity index (χ0) is 18.5. The number of hydrogen-bond acceptors (Lipinski definition) is 4. The minimum Gasteiger partial charge on any atom is -0.478 e. The van der Waals surface area contributed by atoms with Crippen molar-refractivity contribution in [2.75, 3.05) is 18.4 Å². The molecule has 2 aromatic rings. The van der Waals surface area contributed by atoms with Crippen molar-refractivity contribution in [3.8, 4) is 0 Å². The van der Waals surface area contributed by atoms with Crippen LogP contribution in [0.2, 0.25) is 0 Å². The molecule has 3 rings (SSSR count). The molecule has 0 saturated carbocycles. The highest BCUT2D eigenvalue weighted by Crippen LogP contribution is 2.17. The number of likely N-dealkylation sites (tertiary alicyclic amines) is 1. The standard InChI is InChI=1S/C20H22N2O4/c23-18-8-3-9-22(13-18)19(24)15-5-2-7-17(11-15)21-12-14-4-1-6-16(10-14)20(25)26/h1-2,4-7,10-11,18,21,23H,3,8-9,12-13H2,(H,25,26). The Hall–Kier alpha value is -2.86. The Bertz CT molecular complexity index is 806. The number of carboxylic acid groups (broad SMARTS) is 1. The first-order chi connectivity index (χ1) is 12.5. The molecule has 1 saturated heterocycles. The number of carbonyl (C=O) groups excluding carboxylic acids is 1. The maximum Gasteiger partial charge on any atom is 0.335 e. The highest BCUT2D eigenvalue weighted by atomic mass is 16.4. The Morgan fingerprint density at radius 1 is 1.12 bits per heavy atom. The van der Waals surface area contributed by atoms with Crippen LogP contribution in [0.1, 0.15) is 39.1 Å². The largest absolute Gasteiger partial charge is 0.478 e. The third kappa shape index (κ3) is 4.40. The molecule has 1 heterocycles. The van der Waals surface area contributed by atoms with Gasteiger partial charge in [-0.15, -0.1) is 0 Å². The maximum absolute atomic E-state index is 12.6. The first kappa shape index (κ1) is 17.9. The number of anilines is 1. The van der Waals surface area contributed by atoms with Crippen molar-refractivity contribution in [1.29, 1.82) is 0 Å². The summed E-state index contributed by atoms with van der Waals surface area (Å²) in [5.41, 5.74) is 2.45. The molecule has 1 amide bonds. The summed E-state index contributed by atoms with van der Waals surface area (Å²) in [6.07, 6.45) is 1.10. The van der Waals surface area contributed by atoms with E-state index >= 15 is 0 Å². The molecule has 1 aliphatic rings. The van der Waals surface area contributed by atoms with Crippen molar-refractivity contribution < 1.29 is 19.8 Å². The second-order valence-electron chi connectivity index (χ2n) is 6.49. The Labute approximate surface area is 152 Å². The van der Waals surface area contributed by atoms with Gasteiger partial charge < -0.3 is 20.4 Å². The van der Waals surface area contributed by atoms with Crippen LogP contribution in [-0.2, 0) is 6.54 Å². The molecule has 1 unspecified atom stereocenters. The Kier molecular flexibility index (Phi) is 5.53. The average molecular weight is 354 g/mol. The summed E-state index contributed by atoms with van der Waals surface area (Å²) in [4.78, 5) is 25.3. The maximum atomic E-state index is 12.6. The predicted molar refractivity (Wildman–Crippen MR) is 98.3 cm³/mol. The second kappa shape index (κ2) is 8.01. The average Bonchev–Trinajstić information content (AvgIpc) is 2.66. The summed E-state index contributed by atoms with van der Waals surface area (Å²) in [5.74, 6) is -1.04. The normalized spacial score (nSPS) is 17.0. The quantitative estimate of drug-likeness (QED) is 0.768. The van der Waals surface area contributed by atoms with Crippen LogP contribution in [0.5, 0.6) is 0 Å². The smallest absolute Gasteiger partial charge is 0.335 e. The molecule has 1 fully saturated rings. The molecule has 2 aromatic carbocycles. The number of hydrogen-bond donors (Lipinski definition) is 3. The highest BCUT2D eigenvalue weighted by Gasteiger charge is 2.23. The van der Waals surface area contributed by atoms with E-state index in [9.17, 15) is 14.7 Å². The van der Waals surface area contributed by atoms with Crippen molar-refractivity contribution in [3.63, 3.8) is 0 Å². The van der Waals surface area contributed by atoms with E-state index in [2.05, 4.69) is 5.32 Å². The summed E-state index contributed by atoms with van der Waals surface area (Å²) in [5, 5.41) is 22.0. The number of aliphatic hydroxyl groups is 1. The van der Waals surface area contributed by atoms with Gasteiger partial charge in [-0.1, -0.05) is 18.2 Å². The molecule has 0 aliphatic carbocycles. The van der Waals surface area contributed by atoms with Crippen LogP contribution in [0, 0.1) is 0 Å². The van der Waals surface area contributed by atoms with Crippen molar-refractivity contribution in [1.82, 2.24) is 4.90 Å². The van der Waals surface area contributed by atoms with Gasteiger partial charge >= 0.3 is 5.97 Å². The molecule has 6 nitrogen and oxygen atoms in total. The van der Waals surface area contributed by atoms with Gasteiger partial charge in [0, 0.05) is 30.9 Å². The van der Waals surface area contributed by atoms with Crippen LogP contribution < -0.4 is 5.32 Å². The van der Waals surface area contributed by atoms with E-state index in [1.165, 1.54) is 0 Å². The zero-order valence-corrected chi connectivity index (χ0v) is 14.4. The van der Waals surface area contributed by atoms with E-state index < -0.39 is 12.1 Å². The number of aliphatic hydroxyl groups excluding tert-OH is 1. The molecular formula is C20H22N2O4. The van der Waals surface area contributed by atoms with Crippen LogP contribution in [0.4, 0.5) is 5.69 Å². The molecule has 3 N–H and O–H groups in total. The van der Waals surface area contributed by atoms with E-state index in [0.29, 0.717) is 25.2 Å². The van der Waals surface area contributed by atoms with Gasteiger partial charge in [0.1, 0.15) is 0 Å². The number of carboxylic acids is 1. The molecule has 6 heteroatoms. The third-order valence-corrected chi connectivity index (χ3v) is 4.46. The van der Waals surface area contributed by atoms with E-state index in [0.717, 1.165) is 24.1 Å². The van der Waals surface area contributed by atoms with E-state index in [1.54, 1.807) is 35.2 Å². The minimum atomic E-state index is -0.955. The van der Waals surface area contributed by atoms with E-state index in [-0.39, 0.29) is 11.5 Å². The number of nitrogens with zero attached hydrogens (tertiary/aromatic N) is 1. The fraction of sp³-hybridized carbons (Fsp3) is 0.300. The molecule has 136 valence electrons. The lowest BCUT2D eigenvalue weighted by atomic mass is 10.1. The number of piperidine rings is 1. The van der Waals surface area contributed by atoms with Crippen LogP contribution >= 0.6 is 0 Å². The lowest BCUT2D eigenvalue weighted by molar-refractivity contribution is 0.0473. The topological polar surface area (TPSA) is 89.9 Å². The summed E-state index contributed by atoms with van der Waals surface area (Å²) in [6.45, 7) is 1.50. The number of β-amino-alcohol motifs (C(OH)–C–C–N with tert-alkyl or cyclic N) is 1. The number of aromatic carboxylic acids is 1. The summed E-state index contributed by atoms with van der Waals surface area (Å²) >= 11 is 0. The molecule has 1 aliphatic heterocycles. The van der Waals surface area contributed by atoms with Crippen LogP contribution in [0.3, 0.4) is 0 Å². The fourth-order valence-electron chi connectivity index (χ4n) is 3.10. The SMILES string of the molecule is O=C(O)c1cccc(CNc2cccc(C(=O)N3CCCC(O)C3)c2)c1. The monoisotopic (exact) mass is 354 g/mol. The zero-order valence-electron chi connectivity index (χ0n) is 14.4. The summed E-state index contributed by atoms with van der Waals surface area (Å²) in [7, 11) is 0. The molecule has 0 aromatic heterocycles. The van der Waals surface area contributed by atoms with Gasteiger partial charge in [-0.2, -0.15) is 0 Å². The number of amides is 1. The number of nitrogens with one attached hydrogen (secondary N) is 1. The molecule has 0 bridgehead atoms. The van der Waals surface area contributed by atoms with Gasteiger partial charge in [0.2, 0.25) is 0 Å². The van der Waals surface area contributed by atoms with Crippen LogP contribution in [-0.4, -0.2) is 46.2 Å². The van der Waals surface area contributed by atoms with Gasteiger partial charge in [-0.05, 0) is 48.7 Å². The molecular weight excluding hydrogens is 332 g/mol. The van der Waals surface area contributed by atoms with Crippen molar-refractivity contribution in [2.24, 2.45) is 0 Å². The highest BCUT2D eigenvalue weighted by molar-refractivity contribution is 5.95. The van der Waals surface area contributed by atoms with Crippen molar-refractivity contribution in [3.05, 3.63) is 65.2 Å². The lowest BCUT2D eigenvalue weighted by Crippen LogP contribution is -2.42. The van der Waals surface area contributed by atoms with Crippen LogP contribution in [0.15, 0.2) is 48.5 Å². The van der Waals surface area contributed by atoms with Crippen LogP contribution in [0.25, 0.3) is 0 Å². The fourth-order valence-corrected chi connectivity index (χ4v) is 3.10. The first-order valence-electron chi connectivity index (χ1n) is 8.66. The Balaban J connectivity index is 1.66. The van der Waals surface area contributed by atoms with Gasteiger partial charge in [-0.25, -0.2) is 4.79 Å². The van der Waals surface area contributed by atoms with Gasteiger partial charge in [0.25, 0.3) is 5.91 Å². The first-order valence-corrected chi connectivity index (χ1v) is 8.66. The molecule has 0 spiro atoms. The number of rotatable bonds is 5. The summed E-state index contributed by atoms with van der Waals surface area (Å²) in [6, 6.07) is 14.0. The number of benzene rings is 2. The van der Waals surface area contributed by atoms with Crippen molar-refractivity contribution in [2.45, 2.75) is 25.5 Å². The van der Waals surface area contributed by atoms with E-state index in [4.69, 9.17) is 5.11 Å². The second-order valence-corrected chi connectivity index (χ2v) is 6.49. The lowest BCUT2D eigenvalue weighted by Gasteiger charge is -2.30. The van der Waals surface area contributed by atoms with Gasteiger partial charge in [0.15, 0.2) is 0 Å². The molecule has 0 radical (unpaired) electrons. The number of carbonyl (C=O) groups is 2. The summed E-state index contributed by atoms with van der Waals surface area (Å²) < 4.78 is 0.